The molecule has 0 unspecified atom stereocenters. The summed E-state index contributed by atoms with van der Waals surface area (Å²) in [4.78, 5) is 23.4. The van der Waals surface area contributed by atoms with Crippen molar-refractivity contribution in [3.05, 3.63) is 29.3 Å². The molecule has 0 aromatic heterocycles. The molecule has 0 atom stereocenters. The number of hydrogen-bond acceptors (Lipinski definition) is 3. The molecule has 6 heteroatoms. The first-order chi connectivity index (χ1) is 9.50. The normalized spacial score (nSPS) is 16.7. The van der Waals surface area contributed by atoms with Crippen LogP contribution in [0.25, 0.3) is 0 Å². The number of rotatable bonds is 3. The van der Waals surface area contributed by atoms with Gasteiger partial charge in [-0.15, -0.1) is 0 Å². The minimum Gasteiger partial charge on any atom is -0.388 e. The van der Waals surface area contributed by atoms with E-state index in [2.05, 4.69) is 10.6 Å². The summed E-state index contributed by atoms with van der Waals surface area (Å²) in [5, 5.41) is 15.3. The van der Waals surface area contributed by atoms with Gasteiger partial charge in [0, 0.05) is 6.54 Å². The lowest BCUT2D eigenvalue weighted by atomic mass is 10.0. The van der Waals surface area contributed by atoms with Gasteiger partial charge < -0.3 is 15.7 Å². The average Bonchev–Trinajstić information content (AvgIpc) is 2.86. The Hall–Kier alpha value is -1.59. The number of aliphatic hydroxyl groups is 1. The molecule has 3 N–H and O–H groups in total. The first-order valence-corrected chi connectivity index (χ1v) is 6.94. The molecule has 0 saturated heterocycles. The van der Waals surface area contributed by atoms with E-state index in [0.717, 1.165) is 12.8 Å². The molecule has 0 spiro atoms. The maximum Gasteiger partial charge on any atom is 0.313 e. The van der Waals surface area contributed by atoms with Gasteiger partial charge in [0.15, 0.2) is 0 Å². The topological polar surface area (TPSA) is 78.4 Å². The Balaban J connectivity index is 1.86. The summed E-state index contributed by atoms with van der Waals surface area (Å²) >= 11 is 5.89. The lowest BCUT2D eigenvalue weighted by Crippen LogP contribution is -2.44. The average molecular weight is 297 g/mol. The molecule has 20 heavy (non-hydrogen) atoms. The van der Waals surface area contributed by atoms with E-state index in [4.69, 9.17) is 11.6 Å². The van der Waals surface area contributed by atoms with Gasteiger partial charge in [0.25, 0.3) is 0 Å². The molecular formula is C14H17ClN2O3. The van der Waals surface area contributed by atoms with Gasteiger partial charge in [-0.1, -0.05) is 36.6 Å². The van der Waals surface area contributed by atoms with Gasteiger partial charge >= 0.3 is 11.8 Å². The Kier molecular flexibility index (Phi) is 4.62. The molecule has 1 aliphatic rings. The van der Waals surface area contributed by atoms with Crippen LogP contribution in [-0.2, 0) is 9.59 Å². The second-order valence-corrected chi connectivity index (χ2v) is 5.46. The molecule has 2 rings (SSSR count). The van der Waals surface area contributed by atoms with E-state index in [-0.39, 0.29) is 6.54 Å². The zero-order chi connectivity index (χ0) is 14.6. The second kappa shape index (κ2) is 6.24. The fourth-order valence-electron chi connectivity index (χ4n) is 2.28. The van der Waals surface area contributed by atoms with Crippen LogP contribution in [0.5, 0.6) is 0 Å². The third kappa shape index (κ3) is 3.71. The Labute approximate surface area is 122 Å². The fourth-order valence-corrected chi connectivity index (χ4v) is 2.46. The van der Waals surface area contributed by atoms with Gasteiger partial charge in [0.05, 0.1) is 16.3 Å². The number of benzene rings is 1. The Morgan fingerprint density at radius 1 is 1.20 bits per heavy atom. The van der Waals surface area contributed by atoms with Crippen LogP contribution in [0, 0.1) is 0 Å². The number of halogens is 1. The molecular weight excluding hydrogens is 280 g/mol. The first kappa shape index (κ1) is 14.8. The zero-order valence-electron chi connectivity index (χ0n) is 11.0. The van der Waals surface area contributed by atoms with Crippen molar-refractivity contribution in [2.45, 2.75) is 31.3 Å². The van der Waals surface area contributed by atoms with Crippen LogP contribution < -0.4 is 10.6 Å². The molecule has 1 aliphatic carbocycles. The van der Waals surface area contributed by atoms with E-state index in [0.29, 0.717) is 23.6 Å². The monoisotopic (exact) mass is 296 g/mol. The lowest BCUT2D eigenvalue weighted by molar-refractivity contribution is -0.136. The molecule has 1 aromatic carbocycles. The molecule has 5 nitrogen and oxygen atoms in total. The van der Waals surface area contributed by atoms with Crippen LogP contribution in [0.3, 0.4) is 0 Å². The molecule has 0 bridgehead atoms. The van der Waals surface area contributed by atoms with Crippen LogP contribution in [0.15, 0.2) is 24.3 Å². The van der Waals surface area contributed by atoms with Gasteiger partial charge in [-0.05, 0) is 25.0 Å². The summed E-state index contributed by atoms with van der Waals surface area (Å²) < 4.78 is 0. The smallest absolute Gasteiger partial charge is 0.313 e. The number of para-hydroxylation sites is 1. The maximum atomic E-state index is 11.7. The van der Waals surface area contributed by atoms with Crippen LogP contribution in [-0.4, -0.2) is 29.1 Å². The van der Waals surface area contributed by atoms with E-state index in [1.807, 2.05) is 0 Å². The van der Waals surface area contributed by atoms with E-state index >= 15 is 0 Å². The summed E-state index contributed by atoms with van der Waals surface area (Å²) in [6.45, 7) is 0.0990. The standard InChI is InChI=1S/C14H17ClN2O3/c15-10-5-1-2-6-11(10)17-13(19)12(18)16-9-14(20)7-3-4-8-14/h1-2,5-6,20H,3-4,7-9H2,(H,16,18)(H,17,19). The van der Waals surface area contributed by atoms with Crippen molar-refractivity contribution in [3.63, 3.8) is 0 Å². The summed E-state index contributed by atoms with van der Waals surface area (Å²) in [6.07, 6.45) is 3.19. The molecule has 0 radical (unpaired) electrons. The van der Waals surface area contributed by atoms with Crippen molar-refractivity contribution in [1.82, 2.24) is 5.32 Å². The highest BCUT2D eigenvalue weighted by molar-refractivity contribution is 6.41. The second-order valence-electron chi connectivity index (χ2n) is 5.05. The number of anilines is 1. The molecule has 1 fully saturated rings. The summed E-state index contributed by atoms with van der Waals surface area (Å²) in [5.74, 6) is -1.56. The van der Waals surface area contributed by atoms with Gasteiger partial charge in [-0.2, -0.15) is 0 Å². The van der Waals surface area contributed by atoms with Crippen LogP contribution in [0.2, 0.25) is 5.02 Å². The van der Waals surface area contributed by atoms with Gasteiger partial charge in [0.2, 0.25) is 0 Å². The molecule has 0 heterocycles. The van der Waals surface area contributed by atoms with Crippen molar-refractivity contribution in [2.75, 3.05) is 11.9 Å². The maximum absolute atomic E-state index is 11.7. The zero-order valence-corrected chi connectivity index (χ0v) is 11.7. The van der Waals surface area contributed by atoms with Crippen molar-refractivity contribution in [2.24, 2.45) is 0 Å². The summed E-state index contributed by atoms with van der Waals surface area (Å²) in [5.41, 5.74) is -0.491. The minimum atomic E-state index is -0.875. The third-order valence-electron chi connectivity index (χ3n) is 3.44. The van der Waals surface area contributed by atoms with Crippen molar-refractivity contribution in [3.8, 4) is 0 Å². The number of carbonyl (C=O) groups excluding carboxylic acids is 2. The quantitative estimate of drug-likeness (QED) is 0.743. The van der Waals surface area contributed by atoms with E-state index in [1.54, 1.807) is 24.3 Å². The molecule has 2 amide bonds. The molecule has 1 aromatic rings. The van der Waals surface area contributed by atoms with E-state index in [1.165, 1.54) is 0 Å². The van der Waals surface area contributed by atoms with Crippen molar-refractivity contribution in [1.29, 1.82) is 0 Å². The van der Waals surface area contributed by atoms with E-state index < -0.39 is 17.4 Å². The predicted molar refractivity (Wildman–Crippen MR) is 76.5 cm³/mol. The number of carbonyl (C=O) groups is 2. The third-order valence-corrected chi connectivity index (χ3v) is 3.77. The Bertz CT molecular complexity index is 513. The highest BCUT2D eigenvalue weighted by Crippen LogP contribution is 2.28. The number of nitrogens with one attached hydrogen (secondary N) is 2. The lowest BCUT2D eigenvalue weighted by Gasteiger charge is -2.22. The highest BCUT2D eigenvalue weighted by Gasteiger charge is 2.32. The largest absolute Gasteiger partial charge is 0.388 e. The fraction of sp³-hybridized carbons (Fsp3) is 0.429. The predicted octanol–water partition coefficient (Wildman–Crippen LogP) is 1.70. The van der Waals surface area contributed by atoms with Crippen molar-refractivity contribution >= 4 is 29.1 Å². The number of amides is 2. The first-order valence-electron chi connectivity index (χ1n) is 6.56. The Morgan fingerprint density at radius 3 is 2.50 bits per heavy atom. The summed E-state index contributed by atoms with van der Waals surface area (Å²) in [6, 6.07) is 6.67. The van der Waals surface area contributed by atoms with Crippen LogP contribution >= 0.6 is 11.6 Å². The van der Waals surface area contributed by atoms with Crippen LogP contribution in [0.1, 0.15) is 25.7 Å². The number of hydrogen-bond donors (Lipinski definition) is 3. The molecule has 0 aliphatic heterocycles. The van der Waals surface area contributed by atoms with Gasteiger partial charge in [0.1, 0.15) is 0 Å². The molecule has 1 saturated carbocycles. The SMILES string of the molecule is O=C(NCC1(O)CCCC1)C(=O)Nc1ccccc1Cl. The molecule has 108 valence electrons. The van der Waals surface area contributed by atoms with Gasteiger partial charge in [-0.25, -0.2) is 0 Å². The van der Waals surface area contributed by atoms with Crippen molar-refractivity contribution < 1.29 is 14.7 Å². The highest BCUT2D eigenvalue weighted by atomic mass is 35.5. The Morgan fingerprint density at radius 2 is 1.85 bits per heavy atom. The summed E-state index contributed by atoms with van der Waals surface area (Å²) in [7, 11) is 0. The van der Waals surface area contributed by atoms with E-state index in [9.17, 15) is 14.7 Å². The minimum absolute atomic E-state index is 0.0990. The van der Waals surface area contributed by atoms with Crippen LogP contribution in [0.4, 0.5) is 5.69 Å². The van der Waals surface area contributed by atoms with Gasteiger partial charge in [-0.3, -0.25) is 9.59 Å².